The molecule has 2 aromatic heterocycles. The van der Waals surface area contributed by atoms with Crippen LogP contribution in [-0.4, -0.2) is 52.5 Å². The molecule has 1 aromatic carbocycles. The number of benzene rings is 1. The zero-order chi connectivity index (χ0) is 20.2. The maximum atomic E-state index is 12.7. The molecule has 1 saturated heterocycles. The van der Waals surface area contributed by atoms with Crippen LogP contribution < -0.4 is 10.9 Å². The minimum atomic E-state index is -0.429. The summed E-state index contributed by atoms with van der Waals surface area (Å²) >= 11 is 0. The highest BCUT2D eigenvalue weighted by Crippen LogP contribution is 2.10. The molecular formula is C22H24N4O3. The molecule has 0 saturated carbocycles. The molecule has 4 rings (SSSR count). The van der Waals surface area contributed by atoms with Crippen LogP contribution in [0.25, 0.3) is 5.65 Å². The van der Waals surface area contributed by atoms with Gasteiger partial charge in [-0.15, -0.1) is 0 Å². The number of hydrogen-bond acceptors (Lipinski definition) is 5. The fourth-order valence-corrected chi connectivity index (χ4v) is 3.53. The van der Waals surface area contributed by atoms with E-state index < -0.39 is 5.91 Å². The quantitative estimate of drug-likeness (QED) is 0.714. The smallest absolute Gasteiger partial charge is 0.270 e. The van der Waals surface area contributed by atoms with Crippen LogP contribution in [0.4, 0.5) is 0 Å². The van der Waals surface area contributed by atoms with Crippen molar-refractivity contribution in [2.24, 2.45) is 0 Å². The molecular weight excluding hydrogens is 368 g/mol. The summed E-state index contributed by atoms with van der Waals surface area (Å²) in [5.41, 5.74) is 2.36. The third-order valence-electron chi connectivity index (χ3n) is 5.06. The minimum absolute atomic E-state index is 0.0325. The van der Waals surface area contributed by atoms with Crippen molar-refractivity contribution in [3.8, 4) is 0 Å². The fourth-order valence-electron chi connectivity index (χ4n) is 3.53. The highest BCUT2D eigenvalue weighted by molar-refractivity contribution is 5.93. The summed E-state index contributed by atoms with van der Waals surface area (Å²) in [7, 11) is 0. The van der Waals surface area contributed by atoms with E-state index in [2.05, 4.69) is 27.3 Å². The lowest BCUT2D eigenvalue weighted by Crippen LogP contribution is -2.47. The molecule has 150 valence electrons. The summed E-state index contributed by atoms with van der Waals surface area (Å²) in [4.78, 5) is 31.8. The number of aromatic nitrogens is 2. The van der Waals surface area contributed by atoms with Gasteiger partial charge in [0.2, 0.25) is 0 Å². The van der Waals surface area contributed by atoms with Gasteiger partial charge in [-0.05, 0) is 24.1 Å². The van der Waals surface area contributed by atoms with Gasteiger partial charge in [-0.25, -0.2) is 4.98 Å². The molecule has 0 radical (unpaired) electrons. The second-order valence-electron chi connectivity index (χ2n) is 7.34. The normalized spacial score (nSPS) is 17.3. The Balaban J connectivity index is 1.38. The number of nitrogens with one attached hydrogen (secondary N) is 1. The van der Waals surface area contributed by atoms with Gasteiger partial charge in [0.25, 0.3) is 11.5 Å². The first kappa shape index (κ1) is 19.3. The Labute approximate surface area is 168 Å². The highest BCUT2D eigenvalue weighted by atomic mass is 16.5. The average Bonchev–Trinajstić information content (AvgIpc) is 2.74. The molecule has 1 fully saturated rings. The van der Waals surface area contributed by atoms with E-state index in [0.717, 1.165) is 25.2 Å². The number of amides is 1. The summed E-state index contributed by atoms with van der Waals surface area (Å²) in [5.74, 6) is -0.429. The van der Waals surface area contributed by atoms with Crippen molar-refractivity contribution >= 4 is 11.6 Å². The van der Waals surface area contributed by atoms with Gasteiger partial charge in [-0.2, -0.15) is 0 Å². The Hall–Kier alpha value is -3.03. The molecule has 1 amide bonds. The van der Waals surface area contributed by atoms with Crippen LogP contribution in [0.2, 0.25) is 0 Å². The molecule has 7 heteroatoms. The van der Waals surface area contributed by atoms with E-state index in [1.165, 1.54) is 16.2 Å². The monoisotopic (exact) mass is 392 g/mol. The van der Waals surface area contributed by atoms with Gasteiger partial charge in [0.15, 0.2) is 0 Å². The van der Waals surface area contributed by atoms with Crippen molar-refractivity contribution in [2.75, 3.05) is 26.2 Å². The Morgan fingerprint density at radius 3 is 2.90 bits per heavy atom. The van der Waals surface area contributed by atoms with Crippen molar-refractivity contribution in [2.45, 2.75) is 19.6 Å². The third-order valence-corrected chi connectivity index (χ3v) is 5.06. The molecule has 1 N–H and O–H groups in total. The van der Waals surface area contributed by atoms with Crippen molar-refractivity contribution in [1.29, 1.82) is 0 Å². The molecule has 1 atom stereocenters. The first-order valence-corrected chi connectivity index (χ1v) is 9.74. The summed E-state index contributed by atoms with van der Waals surface area (Å²) < 4.78 is 7.20. The highest BCUT2D eigenvalue weighted by Gasteiger charge is 2.22. The van der Waals surface area contributed by atoms with Crippen LogP contribution in [-0.2, 0) is 11.3 Å². The predicted octanol–water partition coefficient (Wildman–Crippen LogP) is 1.63. The Morgan fingerprint density at radius 1 is 1.24 bits per heavy atom. The van der Waals surface area contributed by atoms with Crippen molar-refractivity contribution < 1.29 is 9.53 Å². The maximum absolute atomic E-state index is 12.7. The number of pyridine rings is 1. The molecule has 3 heterocycles. The largest absolute Gasteiger partial charge is 0.374 e. The molecule has 1 aliphatic heterocycles. The second-order valence-corrected chi connectivity index (χ2v) is 7.34. The van der Waals surface area contributed by atoms with Crippen LogP contribution in [0.5, 0.6) is 0 Å². The number of ether oxygens (including phenoxy) is 1. The van der Waals surface area contributed by atoms with E-state index >= 15 is 0 Å². The number of nitrogens with zero attached hydrogens (tertiary/aromatic N) is 3. The molecule has 0 aliphatic carbocycles. The van der Waals surface area contributed by atoms with E-state index in [1.807, 2.05) is 31.2 Å². The molecule has 7 nitrogen and oxygen atoms in total. The van der Waals surface area contributed by atoms with Crippen molar-refractivity contribution in [3.63, 3.8) is 0 Å². The Bertz CT molecular complexity index is 1060. The number of fused-ring (bicyclic) bond motifs is 1. The summed E-state index contributed by atoms with van der Waals surface area (Å²) in [6, 6.07) is 13.9. The van der Waals surface area contributed by atoms with E-state index in [9.17, 15) is 9.59 Å². The number of rotatable bonds is 5. The number of carbonyl (C=O) groups excluding carboxylic acids is 1. The molecule has 1 unspecified atom stereocenters. The van der Waals surface area contributed by atoms with Crippen molar-refractivity contribution in [1.82, 2.24) is 19.6 Å². The van der Waals surface area contributed by atoms with Crippen molar-refractivity contribution in [3.05, 3.63) is 81.9 Å². The number of carbonyl (C=O) groups is 1. The minimum Gasteiger partial charge on any atom is -0.374 e. The lowest BCUT2D eigenvalue weighted by Gasteiger charge is -2.33. The second kappa shape index (κ2) is 8.55. The lowest BCUT2D eigenvalue weighted by atomic mass is 10.2. The number of morpholine rings is 1. The number of aryl methyl sites for hydroxylation is 1. The van der Waals surface area contributed by atoms with Gasteiger partial charge >= 0.3 is 0 Å². The van der Waals surface area contributed by atoms with E-state index in [-0.39, 0.29) is 17.2 Å². The zero-order valence-corrected chi connectivity index (χ0v) is 16.4. The maximum Gasteiger partial charge on any atom is 0.270 e. The van der Waals surface area contributed by atoms with Crippen LogP contribution in [0.3, 0.4) is 0 Å². The van der Waals surface area contributed by atoms with Gasteiger partial charge in [0.05, 0.1) is 12.7 Å². The average molecular weight is 392 g/mol. The van der Waals surface area contributed by atoms with Crippen LogP contribution >= 0.6 is 0 Å². The molecule has 3 aromatic rings. The van der Waals surface area contributed by atoms with Crippen LogP contribution in [0.15, 0.2) is 59.7 Å². The third kappa shape index (κ3) is 4.52. The summed E-state index contributed by atoms with van der Waals surface area (Å²) in [6.07, 6.45) is 2.91. The number of hydrogen-bond donors (Lipinski definition) is 1. The summed E-state index contributed by atoms with van der Waals surface area (Å²) in [6.45, 7) is 5.29. The van der Waals surface area contributed by atoms with Crippen LogP contribution in [0, 0.1) is 6.92 Å². The lowest BCUT2D eigenvalue weighted by molar-refractivity contribution is -0.0292. The standard InChI is InChI=1S/C22H24N4O3/c1-16-7-8-20-23-12-19(22(28)26(20)13-16)21(27)24-11-18-15-25(9-10-29-18)14-17-5-3-2-4-6-17/h2-8,12-13,18H,9-11,14-15H2,1H3,(H,24,27). The first-order valence-electron chi connectivity index (χ1n) is 9.74. The molecule has 1 aliphatic rings. The van der Waals surface area contributed by atoms with E-state index in [4.69, 9.17) is 4.74 Å². The van der Waals surface area contributed by atoms with Gasteiger partial charge in [0.1, 0.15) is 11.2 Å². The Kier molecular flexibility index (Phi) is 5.69. The van der Waals surface area contributed by atoms with Gasteiger partial charge < -0.3 is 10.1 Å². The van der Waals surface area contributed by atoms with Gasteiger partial charge in [-0.3, -0.25) is 18.9 Å². The predicted molar refractivity (Wildman–Crippen MR) is 110 cm³/mol. The molecule has 0 spiro atoms. The van der Waals surface area contributed by atoms with Gasteiger partial charge in [-0.1, -0.05) is 36.4 Å². The Morgan fingerprint density at radius 2 is 2.07 bits per heavy atom. The fraction of sp³-hybridized carbons (Fsp3) is 0.318. The van der Waals surface area contributed by atoms with E-state index in [0.29, 0.717) is 18.8 Å². The van der Waals surface area contributed by atoms with Gasteiger partial charge in [0, 0.05) is 38.6 Å². The first-order chi connectivity index (χ1) is 14.1. The zero-order valence-electron chi connectivity index (χ0n) is 16.4. The molecule has 0 bridgehead atoms. The summed E-state index contributed by atoms with van der Waals surface area (Å²) in [5, 5.41) is 2.83. The van der Waals surface area contributed by atoms with Crippen LogP contribution in [0.1, 0.15) is 21.5 Å². The molecule has 29 heavy (non-hydrogen) atoms. The topological polar surface area (TPSA) is 75.9 Å². The van der Waals surface area contributed by atoms with E-state index in [1.54, 1.807) is 12.3 Å². The SMILES string of the molecule is Cc1ccc2ncc(C(=O)NCC3CN(Cc4ccccc4)CCO3)c(=O)n2c1.